The fourth-order valence-electron chi connectivity index (χ4n) is 0.572. The summed E-state index contributed by atoms with van der Waals surface area (Å²) in [7, 11) is 0. The minimum absolute atomic E-state index is 0.296. The van der Waals surface area contributed by atoms with Crippen LogP contribution >= 0.6 is 0 Å². The van der Waals surface area contributed by atoms with Crippen molar-refractivity contribution in [2.24, 2.45) is 0 Å². The summed E-state index contributed by atoms with van der Waals surface area (Å²) in [5.74, 6) is -3.30. The van der Waals surface area contributed by atoms with Crippen molar-refractivity contribution in [3.8, 4) is 0 Å². The van der Waals surface area contributed by atoms with Gasteiger partial charge in [-0.15, -0.1) is 0 Å². The van der Waals surface area contributed by atoms with Gasteiger partial charge in [0.25, 0.3) is 0 Å². The number of aliphatic carboxylic acids is 1. The molecular weight excluding hydrogens is 219 g/mol. The second kappa shape index (κ2) is 5.54. The molecule has 0 saturated heterocycles. The van der Waals surface area contributed by atoms with Crippen LogP contribution in [0.2, 0.25) is 0 Å². The predicted molar refractivity (Wildman–Crippen MR) is 42.1 cm³/mol. The lowest BCUT2D eigenvalue weighted by Crippen LogP contribution is -2.39. The molecule has 0 saturated carbocycles. The molecule has 0 aliphatic carbocycles. The number of carboxylic acids is 1. The lowest BCUT2D eigenvalue weighted by molar-refractivity contribution is -0.173. The first-order valence-corrected chi connectivity index (χ1v) is 3.94. The summed E-state index contributed by atoms with van der Waals surface area (Å²) in [6.07, 6.45) is -6.05. The summed E-state index contributed by atoms with van der Waals surface area (Å²) in [6.45, 7) is 0.541. The number of nitrogens with one attached hydrogen (secondary N) is 1. The number of halogens is 3. The van der Waals surface area contributed by atoms with E-state index in [0.29, 0.717) is 0 Å². The highest BCUT2D eigenvalue weighted by molar-refractivity contribution is 5.81. The first-order chi connectivity index (χ1) is 6.75. The Balaban J connectivity index is 3.64. The predicted octanol–water partition coefficient (Wildman–Crippen LogP) is 0.155. The molecule has 1 unspecified atom stereocenters. The van der Waals surface area contributed by atoms with Gasteiger partial charge in [-0.05, 0) is 6.92 Å². The summed E-state index contributed by atoms with van der Waals surface area (Å²) in [5, 5.41) is 9.86. The second-order valence-corrected chi connectivity index (χ2v) is 2.60. The van der Waals surface area contributed by atoms with E-state index in [0.717, 1.165) is 0 Å². The Kier molecular flexibility index (Phi) is 5.06. The van der Waals surface area contributed by atoms with Crippen LogP contribution in [0, 0.1) is 0 Å². The molecule has 0 fully saturated rings. The zero-order valence-corrected chi connectivity index (χ0v) is 7.80. The third-order valence-corrected chi connectivity index (χ3v) is 1.36. The molecule has 2 N–H and O–H groups in total. The van der Waals surface area contributed by atoms with Crippen molar-refractivity contribution in [1.29, 1.82) is 0 Å². The van der Waals surface area contributed by atoms with Gasteiger partial charge in [0.05, 0.1) is 6.61 Å². The number of hydrogen-bond acceptors (Lipinski definition) is 3. The van der Waals surface area contributed by atoms with Gasteiger partial charge in [-0.2, -0.15) is 13.2 Å². The van der Waals surface area contributed by atoms with E-state index >= 15 is 0 Å². The van der Waals surface area contributed by atoms with Crippen molar-refractivity contribution >= 4 is 11.9 Å². The molecule has 5 nitrogen and oxygen atoms in total. The first kappa shape index (κ1) is 13.7. The largest absolute Gasteiger partial charge is 0.479 e. The molecule has 1 atom stereocenters. The Hall–Kier alpha value is -1.31. The summed E-state index contributed by atoms with van der Waals surface area (Å²) in [5.41, 5.74) is 0. The highest BCUT2D eigenvalue weighted by Crippen LogP contribution is 2.13. The van der Waals surface area contributed by atoms with Crippen LogP contribution in [0.5, 0.6) is 0 Å². The summed E-state index contributed by atoms with van der Waals surface area (Å²) in [4.78, 5) is 20.4. The highest BCUT2D eigenvalue weighted by atomic mass is 19.4. The number of ether oxygens (including phenoxy) is 1. The van der Waals surface area contributed by atoms with Gasteiger partial charge < -0.3 is 15.2 Å². The van der Waals surface area contributed by atoms with Gasteiger partial charge in [0.1, 0.15) is 0 Å². The van der Waals surface area contributed by atoms with Crippen molar-refractivity contribution in [1.82, 2.24) is 5.32 Å². The molecule has 1 amide bonds. The van der Waals surface area contributed by atoms with Gasteiger partial charge in [0, 0.05) is 6.54 Å². The normalized spacial score (nSPS) is 13.3. The van der Waals surface area contributed by atoms with Crippen LogP contribution in [-0.4, -0.2) is 42.4 Å². The molecule has 15 heavy (non-hydrogen) atoms. The Morgan fingerprint density at radius 2 is 2.00 bits per heavy atom. The SMILES string of the molecule is CC(OCCNC(=O)C(F)(F)F)C(=O)O. The van der Waals surface area contributed by atoms with Crippen LogP contribution in [-0.2, 0) is 14.3 Å². The third kappa shape index (κ3) is 5.89. The molecule has 0 aromatic heterocycles. The van der Waals surface area contributed by atoms with E-state index in [2.05, 4.69) is 4.74 Å². The molecule has 0 spiro atoms. The fraction of sp³-hybridized carbons (Fsp3) is 0.714. The molecule has 88 valence electrons. The Morgan fingerprint density at radius 1 is 1.47 bits per heavy atom. The van der Waals surface area contributed by atoms with Crippen molar-refractivity contribution in [3.63, 3.8) is 0 Å². The molecule has 0 bridgehead atoms. The Bertz CT molecular complexity index is 241. The van der Waals surface area contributed by atoms with Crippen molar-refractivity contribution in [2.75, 3.05) is 13.2 Å². The van der Waals surface area contributed by atoms with Crippen LogP contribution in [0.25, 0.3) is 0 Å². The summed E-state index contributed by atoms with van der Waals surface area (Å²) < 4.78 is 39.4. The average molecular weight is 229 g/mol. The van der Waals surface area contributed by atoms with Crippen LogP contribution in [0.4, 0.5) is 13.2 Å². The molecule has 0 aromatic rings. The quantitative estimate of drug-likeness (QED) is 0.658. The van der Waals surface area contributed by atoms with Gasteiger partial charge in [-0.25, -0.2) is 4.79 Å². The molecular formula is C7H10F3NO4. The lowest BCUT2D eigenvalue weighted by Gasteiger charge is -2.10. The third-order valence-electron chi connectivity index (χ3n) is 1.36. The number of carbonyl (C=O) groups excluding carboxylic acids is 1. The number of hydrogen-bond donors (Lipinski definition) is 2. The van der Waals surface area contributed by atoms with Gasteiger partial charge >= 0.3 is 18.1 Å². The average Bonchev–Trinajstić information content (AvgIpc) is 2.09. The van der Waals surface area contributed by atoms with Crippen molar-refractivity contribution in [3.05, 3.63) is 0 Å². The number of carboxylic acid groups (broad SMARTS) is 1. The summed E-state index contributed by atoms with van der Waals surface area (Å²) in [6, 6.07) is 0. The molecule has 0 aromatic carbocycles. The Labute approximate surface area is 83.2 Å². The maximum atomic E-state index is 11.6. The zero-order valence-electron chi connectivity index (χ0n) is 7.80. The van der Waals surface area contributed by atoms with Crippen LogP contribution in [0.15, 0.2) is 0 Å². The van der Waals surface area contributed by atoms with Crippen molar-refractivity contribution in [2.45, 2.75) is 19.2 Å². The van der Waals surface area contributed by atoms with Crippen LogP contribution in [0.3, 0.4) is 0 Å². The highest BCUT2D eigenvalue weighted by Gasteiger charge is 2.38. The monoisotopic (exact) mass is 229 g/mol. The molecule has 0 rings (SSSR count). The van der Waals surface area contributed by atoms with Gasteiger partial charge in [-0.3, -0.25) is 4.79 Å². The van der Waals surface area contributed by atoms with E-state index in [9.17, 15) is 22.8 Å². The lowest BCUT2D eigenvalue weighted by atomic mass is 10.4. The Morgan fingerprint density at radius 3 is 2.40 bits per heavy atom. The topological polar surface area (TPSA) is 75.6 Å². The minimum atomic E-state index is -4.93. The van der Waals surface area contributed by atoms with Crippen LogP contribution in [0.1, 0.15) is 6.92 Å². The van der Waals surface area contributed by atoms with E-state index in [1.165, 1.54) is 12.2 Å². The zero-order chi connectivity index (χ0) is 12.1. The number of rotatable bonds is 5. The van der Waals surface area contributed by atoms with Gasteiger partial charge in [-0.1, -0.05) is 0 Å². The standard InChI is InChI=1S/C7H10F3NO4/c1-4(5(12)13)15-3-2-11-6(14)7(8,9)10/h4H,2-3H2,1H3,(H,11,14)(H,12,13). The molecule has 0 aliphatic rings. The minimum Gasteiger partial charge on any atom is -0.479 e. The van der Waals surface area contributed by atoms with Gasteiger partial charge in [0.15, 0.2) is 6.10 Å². The number of alkyl halides is 3. The number of amides is 1. The van der Waals surface area contributed by atoms with Crippen molar-refractivity contribution < 1.29 is 32.6 Å². The van der Waals surface area contributed by atoms with Gasteiger partial charge in [0.2, 0.25) is 0 Å². The second-order valence-electron chi connectivity index (χ2n) is 2.60. The van der Waals surface area contributed by atoms with Crippen LogP contribution < -0.4 is 5.32 Å². The molecule has 0 heterocycles. The molecule has 0 radical (unpaired) electrons. The molecule has 8 heteroatoms. The first-order valence-electron chi connectivity index (χ1n) is 3.94. The van der Waals surface area contributed by atoms with E-state index in [1.807, 2.05) is 0 Å². The molecule has 0 aliphatic heterocycles. The fourth-order valence-corrected chi connectivity index (χ4v) is 0.572. The summed E-state index contributed by atoms with van der Waals surface area (Å²) >= 11 is 0. The van der Waals surface area contributed by atoms with E-state index < -0.39 is 30.7 Å². The maximum absolute atomic E-state index is 11.6. The van der Waals surface area contributed by atoms with E-state index in [-0.39, 0.29) is 6.61 Å². The smallest absolute Gasteiger partial charge is 0.471 e. The number of carbonyl (C=O) groups is 2. The van der Waals surface area contributed by atoms with E-state index in [1.54, 1.807) is 0 Å². The maximum Gasteiger partial charge on any atom is 0.471 e. The van der Waals surface area contributed by atoms with E-state index in [4.69, 9.17) is 5.11 Å².